The standard InChI is InChI=1S/C13H18N2S2/c1-4-10-5-6-11(17-10)8-15-12(9(2)3)7-14-13(15)16/h5-7,9H,4,8H2,1-3H3,(H,14,16). The van der Waals surface area contributed by atoms with Crippen LogP contribution in [0.1, 0.15) is 42.1 Å². The fraction of sp³-hybridized carbons (Fsp3) is 0.462. The Balaban J connectivity index is 2.29. The normalized spacial score (nSPS) is 11.3. The summed E-state index contributed by atoms with van der Waals surface area (Å²) in [4.78, 5) is 5.95. The summed E-state index contributed by atoms with van der Waals surface area (Å²) in [7, 11) is 0. The molecule has 0 aromatic carbocycles. The Morgan fingerprint density at radius 3 is 2.65 bits per heavy atom. The molecule has 2 heterocycles. The highest BCUT2D eigenvalue weighted by molar-refractivity contribution is 7.71. The Morgan fingerprint density at radius 1 is 1.35 bits per heavy atom. The van der Waals surface area contributed by atoms with Gasteiger partial charge in [-0.2, -0.15) is 0 Å². The summed E-state index contributed by atoms with van der Waals surface area (Å²) >= 11 is 7.22. The first-order valence-electron chi connectivity index (χ1n) is 5.97. The maximum atomic E-state index is 5.34. The minimum absolute atomic E-state index is 0.494. The van der Waals surface area contributed by atoms with Crippen LogP contribution in [0.2, 0.25) is 0 Å². The van der Waals surface area contributed by atoms with Crippen molar-refractivity contribution in [2.45, 2.75) is 39.7 Å². The van der Waals surface area contributed by atoms with E-state index in [-0.39, 0.29) is 0 Å². The van der Waals surface area contributed by atoms with Gasteiger partial charge in [-0.1, -0.05) is 20.8 Å². The summed E-state index contributed by atoms with van der Waals surface area (Å²) in [6.07, 6.45) is 3.14. The van der Waals surface area contributed by atoms with E-state index in [0.29, 0.717) is 5.92 Å². The fourth-order valence-electron chi connectivity index (χ4n) is 1.90. The summed E-state index contributed by atoms with van der Waals surface area (Å²) in [6, 6.07) is 4.42. The largest absolute Gasteiger partial charge is 0.337 e. The number of hydrogen-bond donors (Lipinski definition) is 1. The molecule has 0 aliphatic carbocycles. The van der Waals surface area contributed by atoms with Gasteiger partial charge in [0.1, 0.15) is 0 Å². The molecule has 0 amide bonds. The third-order valence-electron chi connectivity index (χ3n) is 2.87. The number of nitrogens with zero attached hydrogens (tertiary/aromatic N) is 1. The van der Waals surface area contributed by atoms with Gasteiger partial charge >= 0.3 is 0 Å². The van der Waals surface area contributed by atoms with Crippen molar-refractivity contribution < 1.29 is 0 Å². The lowest BCUT2D eigenvalue weighted by atomic mass is 10.1. The molecule has 2 nitrogen and oxygen atoms in total. The topological polar surface area (TPSA) is 20.7 Å². The minimum Gasteiger partial charge on any atom is -0.337 e. The summed E-state index contributed by atoms with van der Waals surface area (Å²) in [5.74, 6) is 0.494. The molecule has 0 saturated heterocycles. The van der Waals surface area contributed by atoms with E-state index in [9.17, 15) is 0 Å². The Hall–Kier alpha value is -0.870. The van der Waals surface area contributed by atoms with Gasteiger partial charge in [-0.05, 0) is 36.7 Å². The molecule has 2 aromatic heterocycles. The molecule has 2 aromatic rings. The van der Waals surface area contributed by atoms with Crippen LogP contribution in [-0.4, -0.2) is 9.55 Å². The van der Waals surface area contributed by atoms with Crippen molar-refractivity contribution in [3.05, 3.63) is 38.5 Å². The number of aromatic nitrogens is 2. The highest BCUT2D eigenvalue weighted by Gasteiger charge is 2.09. The van der Waals surface area contributed by atoms with Crippen molar-refractivity contribution in [2.24, 2.45) is 0 Å². The third kappa shape index (κ3) is 2.69. The SMILES string of the molecule is CCc1ccc(Cn2c(C(C)C)c[nH]c2=S)s1. The zero-order valence-electron chi connectivity index (χ0n) is 10.5. The first-order valence-corrected chi connectivity index (χ1v) is 7.20. The Bertz CT molecular complexity index is 546. The molecule has 0 bridgehead atoms. The Kier molecular flexibility index (Phi) is 3.84. The first kappa shape index (κ1) is 12.6. The molecular formula is C13H18N2S2. The van der Waals surface area contributed by atoms with E-state index in [2.05, 4.69) is 42.5 Å². The van der Waals surface area contributed by atoms with Crippen LogP contribution < -0.4 is 0 Å². The van der Waals surface area contributed by atoms with E-state index < -0.39 is 0 Å². The van der Waals surface area contributed by atoms with Crippen LogP contribution in [0.15, 0.2) is 18.3 Å². The Morgan fingerprint density at radius 2 is 2.06 bits per heavy atom. The van der Waals surface area contributed by atoms with Crippen molar-refractivity contribution in [3.8, 4) is 0 Å². The predicted molar refractivity (Wildman–Crippen MR) is 76.5 cm³/mol. The maximum absolute atomic E-state index is 5.34. The lowest BCUT2D eigenvalue weighted by Crippen LogP contribution is -2.04. The van der Waals surface area contributed by atoms with E-state index in [4.69, 9.17) is 12.2 Å². The lowest BCUT2D eigenvalue weighted by Gasteiger charge is -2.09. The van der Waals surface area contributed by atoms with Crippen LogP contribution >= 0.6 is 23.6 Å². The van der Waals surface area contributed by atoms with Crippen LogP contribution in [0.3, 0.4) is 0 Å². The van der Waals surface area contributed by atoms with Crippen molar-refractivity contribution in [1.29, 1.82) is 0 Å². The van der Waals surface area contributed by atoms with Gasteiger partial charge in [0, 0.05) is 21.6 Å². The van der Waals surface area contributed by atoms with Gasteiger partial charge in [0.2, 0.25) is 0 Å². The molecular weight excluding hydrogens is 248 g/mol. The summed E-state index contributed by atoms with van der Waals surface area (Å²) in [6.45, 7) is 7.47. The van der Waals surface area contributed by atoms with E-state index >= 15 is 0 Å². The number of rotatable bonds is 4. The van der Waals surface area contributed by atoms with Gasteiger partial charge in [0.15, 0.2) is 4.77 Å². The van der Waals surface area contributed by atoms with Crippen LogP contribution in [0.4, 0.5) is 0 Å². The number of aromatic amines is 1. The minimum atomic E-state index is 0.494. The molecule has 0 aliphatic rings. The zero-order valence-corrected chi connectivity index (χ0v) is 12.1. The second-order valence-corrected chi connectivity index (χ2v) is 6.12. The van der Waals surface area contributed by atoms with Gasteiger partial charge in [-0.25, -0.2) is 0 Å². The van der Waals surface area contributed by atoms with Crippen LogP contribution in [0.25, 0.3) is 0 Å². The van der Waals surface area contributed by atoms with Crippen LogP contribution in [-0.2, 0) is 13.0 Å². The Labute approximate surface area is 111 Å². The second-order valence-electron chi connectivity index (χ2n) is 4.48. The zero-order chi connectivity index (χ0) is 12.4. The molecule has 92 valence electrons. The van der Waals surface area contributed by atoms with Crippen LogP contribution in [0, 0.1) is 4.77 Å². The van der Waals surface area contributed by atoms with Crippen molar-refractivity contribution in [1.82, 2.24) is 9.55 Å². The number of thiophene rings is 1. The molecule has 4 heteroatoms. The van der Waals surface area contributed by atoms with Crippen LogP contribution in [0.5, 0.6) is 0 Å². The highest BCUT2D eigenvalue weighted by atomic mass is 32.1. The molecule has 0 unspecified atom stereocenters. The van der Waals surface area contributed by atoms with Gasteiger partial charge in [0.05, 0.1) is 6.54 Å². The van der Waals surface area contributed by atoms with Crippen molar-refractivity contribution >= 4 is 23.6 Å². The molecule has 1 N–H and O–H groups in total. The molecule has 2 rings (SSSR count). The van der Waals surface area contributed by atoms with E-state index in [1.54, 1.807) is 0 Å². The van der Waals surface area contributed by atoms with Gasteiger partial charge in [-0.3, -0.25) is 0 Å². The maximum Gasteiger partial charge on any atom is 0.177 e. The predicted octanol–water partition coefficient (Wildman–Crippen LogP) is 4.34. The molecule has 0 saturated carbocycles. The molecule has 17 heavy (non-hydrogen) atoms. The average molecular weight is 266 g/mol. The smallest absolute Gasteiger partial charge is 0.177 e. The summed E-state index contributed by atoms with van der Waals surface area (Å²) in [5.41, 5.74) is 1.28. The molecule has 0 radical (unpaired) electrons. The van der Waals surface area contributed by atoms with Gasteiger partial charge in [0.25, 0.3) is 0 Å². The van der Waals surface area contributed by atoms with E-state index in [0.717, 1.165) is 17.7 Å². The van der Waals surface area contributed by atoms with Crippen molar-refractivity contribution in [3.63, 3.8) is 0 Å². The third-order valence-corrected chi connectivity index (χ3v) is 4.42. The monoisotopic (exact) mass is 266 g/mol. The lowest BCUT2D eigenvalue weighted by molar-refractivity contribution is 0.690. The highest BCUT2D eigenvalue weighted by Crippen LogP contribution is 2.21. The second kappa shape index (κ2) is 5.19. The van der Waals surface area contributed by atoms with Gasteiger partial charge < -0.3 is 9.55 Å². The van der Waals surface area contributed by atoms with E-state index in [1.165, 1.54) is 15.4 Å². The quantitative estimate of drug-likeness (QED) is 0.816. The van der Waals surface area contributed by atoms with E-state index in [1.807, 2.05) is 17.5 Å². The van der Waals surface area contributed by atoms with Crippen molar-refractivity contribution in [2.75, 3.05) is 0 Å². The number of aryl methyl sites for hydroxylation is 1. The average Bonchev–Trinajstić information content (AvgIpc) is 2.87. The molecule has 0 atom stereocenters. The van der Waals surface area contributed by atoms with Gasteiger partial charge in [-0.15, -0.1) is 11.3 Å². The molecule has 0 spiro atoms. The number of hydrogen-bond acceptors (Lipinski definition) is 2. The first-order chi connectivity index (χ1) is 8.11. The number of H-pyrrole nitrogens is 1. The summed E-state index contributed by atoms with van der Waals surface area (Å²) in [5, 5.41) is 0. The number of nitrogens with one attached hydrogen (secondary N) is 1. The number of imidazole rings is 1. The fourth-order valence-corrected chi connectivity index (χ4v) is 3.08. The molecule has 0 aliphatic heterocycles. The summed E-state index contributed by atoms with van der Waals surface area (Å²) < 4.78 is 3.02. The molecule has 0 fully saturated rings.